The number of nitrogens with zero attached hydrogens (tertiary/aromatic N) is 2. The van der Waals surface area contributed by atoms with E-state index >= 15 is 0 Å². The summed E-state index contributed by atoms with van der Waals surface area (Å²) in [6, 6.07) is 11.1. The zero-order chi connectivity index (χ0) is 17.2. The largest absolute Gasteiger partial charge is 0.462 e. The Morgan fingerprint density at radius 1 is 1.25 bits per heavy atom. The Hall–Kier alpha value is -2.87. The molecule has 0 aliphatic carbocycles. The Kier molecular flexibility index (Phi) is 4.22. The van der Waals surface area contributed by atoms with Crippen molar-refractivity contribution >= 4 is 27.2 Å². The Bertz CT molecular complexity index is 981. The predicted molar refractivity (Wildman–Crippen MR) is 88.4 cm³/mol. The first-order valence-corrected chi connectivity index (χ1v) is 8.72. The van der Waals surface area contributed by atoms with Crippen molar-refractivity contribution in [1.29, 1.82) is 0 Å². The topological polar surface area (TPSA) is 89.8 Å². The molecule has 0 fully saturated rings. The number of hydrogen-bond donors (Lipinski definition) is 1. The lowest BCUT2D eigenvalue weighted by molar-refractivity contribution is 0.0528. The van der Waals surface area contributed by atoms with Crippen LogP contribution in [0.2, 0.25) is 0 Å². The van der Waals surface area contributed by atoms with Crippen molar-refractivity contribution in [3.8, 4) is 0 Å². The van der Waals surface area contributed by atoms with Gasteiger partial charge in [-0.2, -0.15) is 5.10 Å². The molecule has 8 heteroatoms. The molecule has 1 aromatic carbocycles. The zero-order valence-electron chi connectivity index (χ0n) is 12.8. The monoisotopic (exact) mass is 345 g/mol. The van der Waals surface area contributed by atoms with E-state index in [0.29, 0.717) is 11.2 Å². The summed E-state index contributed by atoms with van der Waals surface area (Å²) in [4.78, 5) is 12.1. The maximum atomic E-state index is 12.4. The highest BCUT2D eigenvalue weighted by Crippen LogP contribution is 2.20. The van der Waals surface area contributed by atoms with Crippen molar-refractivity contribution in [2.45, 2.75) is 11.8 Å². The minimum atomic E-state index is -3.70. The third-order valence-electron chi connectivity index (χ3n) is 3.32. The van der Waals surface area contributed by atoms with E-state index in [-0.39, 0.29) is 17.1 Å². The molecule has 0 aliphatic heterocycles. The Balaban J connectivity index is 1.96. The molecule has 7 nitrogen and oxygen atoms in total. The molecule has 0 unspecified atom stereocenters. The molecule has 0 radical (unpaired) electrons. The van der Waals surface area contributed by atoms with Crippen LogP contribution < -0.4 is 4.72 Å². The Labute approximate surface area is 138 Å². The van der Waals surface area contributed by atoms with Gasteiger partial charge >= 0.3 is 5.97 Å². The normalized spacial score (nSPS) is 11.4. The van der Waals surface area contributed by atoms with Gasteiger partial charge in [0.15, 0.2) is 0 Å². The van der Waals surface area contributed by atoms with E-state index in [9.17, 15) is 13.2 Å². The second-order valence-electron chi connectivity index (χ2n) is 4.94. The lowest BCUT2D eigenvalue weighted by atomic mass is 10.2. The summed E-state index contributed by atoms with van der Waals surface area (Å²) in [5.74, 6) is -0.504. The number of fused-ring (bicyclic) bond motifs is 1. The molecule has 3 rings (SSSR count). The number of sulfonamides is 1. The molecular weight excluding hydrogens is 330 g/mol. The van der Waals surface area contributed by atoms with Crippen LogP contribution in [0, 0.1) is 0 Å². The number of pyridine rings is 1. The van der Waals surface area contributed by atoms with Gasteiger partial charge in [0.2, 0.25) is 0 Å². The third kappa shape index (κ3) is 3.09. The number of benzene rings is 1. The van der Waals surface area contributed by atoms with Gasteiger partial charge in [-0.3, -0.25) is 4.72 Å². The quantitative estimate of drug-likeness (QED) is 0.717. The van der Waals surface area contributed by atoms with Crippen LogP contribution in [-0.4, -0.2) is 30.6 Å². The van der Waals surface area contributed by atoms with Crippen LogP contribution in [0.25, 0.3) is 5.52 Å². The SMILES string of the molecule is CCOC(=O)c1cnn2ccc(NS(=O)(=O)c3ccccc3)cc12. The molecule has 0 spiro atoms. The summed E-state index contributed by atoms with van der Waals surface area (Å²) < 4.78 is 33.7. The molecule has 1 N–H and O–H groups in total. The van der Waals surface area contributed by atoms with Gasteiger partial charge in [-0.15, -0.1) is 0 Å². The molecule has 0 atom stereocenters. The zero-order valence-corrected chi connectivity index (χ0v) is 13.7. The summed E-state index contributed by atoms with van der Waals surface area (Å²) in [6.07, 6.45) is 2.96. The Morgan fingerprint density at radius 2 is 2.00 bits per heavy atom. The van der Waals surface area contributed by atoms with Crippen molar-refractivity contribution in [2.75, 3.05) is 11.3 Å². The number of nitrogens with one attached hydrogen (secondary N) is 1. The minimum Gasteiger partial charge on any atom is -0.462 e. The molecule has 0 bridgehead atoms. The molecule has 0 aliphatic rings. The van der Waals surface area contributed by atoms with Crippen LogP contribution >= 0.6 is 0 Å². The van der Waals surface area contributed by atoms with Crippen LogP contribution in [0.1, 0.15) is 17.3 Å². The first-order valence-electron chi connectivity index (χ1n) is 7.23. The van der Waals surface area contributed by atoms with Gasteiger partial charge in [-0.05, 0) is 31.2 Å². The van der Waals surface area contributed by atoms with Crippen LogP contribution in [0.3, 0.4) is 0 Å². The van der Waals surface area contributed by atoms with Gasteiger partial charge < -0.3 is 4.74 Å². The number of ether oxygens (including phenoxy) is 1. The van der Waals surface area contributed by atoms with Crippen LogP contribution in [0.5, 0.6) is 0 Å². The summed E-state index contributed by atoms with van der Waals surface area (Å²) in [7, 11) is -3.70. The number of hydrogen-bond acceptors (Lipinski definition) is 5. The maximum Gasteiger partial charge on any atom is 0.341 e. The van der Waals surface area contributed by atoms with Gasteiger partial charge in [0.25, 0.3) is 10.0 Å². The molecule has 3 aromatic rings. The van der Waals surface area contributed by atoms with Crippen molar-refractivity contribution < 1.29 is 17.9 Å². The minimum absolute atomic E-state index is 0.156. The van der Waals surface area contributed by atoms with Gasteiger partial charge in [-0.25, -0.2) is 17.7 Å². The van der Waals surface area contributed by atoms with Crippen molar-refractivity contribution in [3.63, 3.8) is 0 Å². The Morgan fingerprint density at radius 3 is 2.71 bits per heavy atom. The molecule has 0 saturated heterocycles. The highest BCUT2D eigenvalue weighted by molar-refractivity contribution is 7.92. The number of anilines is 1. The highest BCUT2D eigenvalue weighted by Gasteiger charge is 2.17. The molecule has 124 valence electrons. The molecular formula is C16H15N3O4S. The van der Waals surface area contributed by atoms with Crippen molar-refractivity contribution in [1.82, 2.24) is 9.61 Å². The number of carbonyl (C=O) groups excluding carboxylic acids is 1. The molecule has 24 heavy (non-hydrogen) atoms. The van der Waals surface area contributed by atoms with Crippen molar-refractivity contribution in [2.24, 2.45) is 0 Å². The van der Waals surface area contributed by atoms with Gasteiger partial charge in [0.1, 0.15) is 5.56 Å². The highest BCUT2D eigenvalue weighted by atomic mass is 32.2. The first kappa shape index (κ1) is 16.0. The van der Waals surface area contributed by atoms with E-state index in [1.54, 1.807) is 43.5 Å². The van der Waals surface area contributed by atoms with E-state index in [1.807, 2.05) is 0 Å². The maximum absolute atomic E-state index is 12.4. The number of aromatic nitrogens is 2. The average molecular weight is 345 g/mol. The van der Waals surface area contributed by atoms with Crippen molar-refractivity contribution in [3.05, 3.63) is 60.4 Å². The predicted octanol–water partition coefficient (Wildman–Crippen LogP) is 2.31. The first-order chi connectivity index (χ1) is 11.5. The van der Waals surface area contributed by atoms with Gasteiger partial charge in [0.05, 0.1) is 28.9 Å². The summed E-state index contributed by atoms with van der Waals surface area (Å²) in [6.45, 7) is 1.96. The third-order valence-corrected chi connectivity index (χ3v) is 4.72. The number of carbonyl (C=O) groups is 1. The molecule has 0 saturated carbocycles. The van der Waals surface area contributed by atoms with E-state index in [2.05, 4.69) is 9.82 Å². The van der Waals surface area contributed by atoms with Gasteiger partial charge in [-0.1, -0.05) is 18.2 Å². The van der Waals surface area contributed by atoms with E-state index < -0.39 is 16.0 Å². The standard InChI is InChI=1S/C16H15N3O4S/c1-2-23-16(20)14-11-17-19-9-8-12(10-15(14)19)18-24(21,22)13-6-4-3-5-7-13/h3-11,18H,2H2,1H3. The van der Waals surface area contributed by atoms with E-state index in [0.717, 1.165) is 0 Å². The fourth-order valence-corrected chi connectivity index (χ4v) is 3.29. The van der Waals surface area contributed by atoms with E-state index in [1.165, 1.54) is 22.8 Å². The second-order valence-corrected chi connectivity index (χ2v) is 6.62. The molecule has 2 aromatic heterocycles. The lowest BCUT2D eigenvalue weighted by Crippen LogP contribution is -2.13. The molecule has 2 heterocycles. The van der Waals surface area contributed by atoms with Crippen LogP contribution in [0.4, 0.5) is 5.69 Å². The summed E-state index contributed by atoms with van der Waals surface area (Å²) in [5, 5.41) is 4.06. The van der Waals surface area contributed by atoms with Gasteiger partial charge in [0, 0.05) is 6.20 Å². The second kappa shape index (κ2) is 6.32. The van der Waals surface area contributed by atoms with E-state index in [4.69, 9.17) is 4.74 Å². The fraction of sp³-hybridized carbons (Fsp3) is 0.125. The smallest absolute Gasteiger partial charge is 0.341 e. The van der Waals surface area contributed by atoms with Crippen LogP contribution in [-0.2, 0) is 14.8 Å². The molecule has 0 amide bonds. The lowest BCUT2D eigenvalue weighted by Gasteiger charge is -2.08. The average Bonchev–Trinajstić information content (AvgIpc) is 2.99. The van der Waals surface area contributed by atoms with Crippen LogP contribution in [0.15, 0.2) is 59.8 Å². The number of esters is 1. The fourth-order valence-electron chi connectivity index (χ4n) is 2.22. The number of rotatable bonds is 5. The summed E-state index contributed by atoms with van der Waals surface area (Å²) >= 11 is 0. The summed E-state index contributed by atoms with van der Waals surface area (Å²) in [5.41, 5.74) is 1.07.